The number of aliphatic hydroxyl groups is 1. The number of aliphatic hydroxyl groups excluding tert-OH is 1. The summed E-state index contributed by atoms with van der Waals surface area (Å²) in [6.45, 7) is 11.8. The van der Waals surface area contributed by atoms with Gasteiger partial charge in [-0.15, -0.1) is 0 Å². The maximum absolute atomic E-state index is 9.90. The number of carboxylic acids is 1. The van der Waals surface area contributed by atoms with Crippen molar-refractivity contribution in [3.05, 3.63) is 66.7 Å². The van der Waals surface area contributed by atoms with Gasteiger partial charge in [0.25, 0.3) is 0 Å². The smallest absolute Gasteiger partial charge is 0.303 e. The number of aromatic nitrogens is 1. The van der Waals surface area contributed by atoms with E-state index >= 15 is 0 Å². The van der Waals surface area contributed by atoms with Crippen molar-refractivity contribution in [2.75, 3.05) is 18.1 Å². The molecule has 1 heterocycles. The third-order valence-corrected chi connectivity index (χ3v) is 7.10. The van der Waals surface area contributed by atoms with Crippen LogP contribution in [0.15, 0.2) is 66.7 Å². The number of carbonyl (C=O) groups is 2. The summed E-state index contributed by atoms with van der Waals surface area (Å²) in [6, 6.07) is 23.1. The molecule has 0 aliphatic heterocycles. The summed E-state index contributed by atoms with van der Waals surface area (Å²) in [4.78, 5) is 18.5. The number of aliphatic carboxylic acids is 1. The van der Waals surface area contributed by atoms with Crippen LogP contribution in [-0.4, -0.2) is 29.2 Å². The molecule has 246 valence electrons. The van der Waals surface area contributed by atoms with Crippen LogP contribution in [-0.2, 0) is 16.1 Å². The molecule has 8 nitrogen and oxygen atoms in total. The Morgan fingerprint density at radius 2 is 1.40 bits per heavy atom. The Balaban J connectivity index is 0.000000492. The van der Waals surface area contributed by atoms with E-state index in [1.54, 1.807) is 0 Å². The van der Waals surface area contributed by atoms with Crippen molar-refractivity contribution < 1.29 is 24.4 Å². The molecule has 8 N–H and O–H groups in total. The number of fused-ring (bicyclic) bond motifs is 3. The first-order chi connectivity index (χ1) is 21.5. The van der Waals surface area contributed by atoms with Gasteiger partial charge < -0.3 is 27.4 Å². The zero-order valence-electron chi connectivity index (χ0n) is 27.8. The molecule has 0 aliphatic carbocycles. The molecule has 0 atom stereocenters. The highest BCUT2D eigenvalue weighted by molar-refractivity contribution is 6.10. The van der Waals surface area contributed by atoms with Gasteiger partial charge in [0.15, 0.2) is 0 Å². The average molecular weight is 620 g/mol. The van der Waals surface area contributed by atoms with Gasteiger partial charge in [-0.05, 0) is 67.5 Å². The zero-order chi connectivity index (χ0) is 33.8. The minimum Gasteiger partial charge on any atom is -0.481 e. The summed E-state index contributed by atoms with van der Waals surface area (Å²) in [6.07, 6.45) is 7.15. The molecular formula is C37H55N4O4+. The van der Waals surface area contributed by atoms with Crippen molar-refractivity contribution in [3.8, 4) is 11.3 Å². The van der Waals surface area contributed by atoms with Crippen LogP contribution in [0.5, 0.6) is 0 Å². The SMILES string of the molecule is CC(C)CCC(=O)O.CC(C)CCO.CCCCCC[n+]1c(-c2ccccc2)c2cc(N)ccc2c2ccc(N)cc21.NC=O. The number of pyridine rings is 1. The average Bonchev–Trinajstić information content (AvgIpc) is 2.99. The molecule has 3 aromatic carbocycles. The van der Waals surface area contributed by atoms with Gasteiger partial charge in [0, 0.05) is 47.8 Å². The monoisotopic (exact) mass is 619 g/mol. The van der Waals surface area contributed by atoms with Crippen LogP contribution in [0, 0.1) is 11.8 Å². The Kier molecular flexibility index (Phi) is 18.6. The van der Waals surface area contributed by atoms with E-state index in [9.17, 15) is 4.79 Å². The fourth-order valence-corrected chi connectivity index (χ4v) is 4.76. The fourth-order valence-electron chi connectivity index (χ4n) is 4.76. The number of aryl methyl sites for hydroxylation is 1. The minimum absolute atomic E-state index is 0.250. The van der Waals surface area contributed by atoms with Crippen LogP contribution in [0.4, 0.5) is 11.4 Å². The van der Waals surface area contributed by atoms with E-state index < -0.39 is 5.97 Å². The van der Waals surface area contributed by atoms with Gasteiger partial charge in [0.05, 0.1) is 10.8 Å². The second kappa shape index (κ2) is 21.5. The van der Waals surface area contributed by atoms with Crippen molar-refractivity contribution >= 4 is 45.4 Å². The second-order valence-corrected chi connectivity index (χ2v) is 11.9. The molecule has 1 amide bonds. The summed E-state index contributed by atoms with van der Waals surface area (Å²) in [5.74, 6) is 0.458. The molecule has 0 saturated heterocycles. The van der Waals surface area contributed by atoms with Gasteiger partial charge in [-0.25, -0.2) is 0 Å². The maximum Gasteiger partial charge on any atom is 0.303 e. The summed E-state index contributed by atoms with van der Waals surface area (Å²) in [5.41, 5.74) is 21.8. The number of hydrogen-bond donors (Lipinski definition) is 5. The number of nitrogen functional groups attached to an aromatic ring is 2. The third-order valence-electron chi connectivity index (χ3n) is 7.10. The van der Waals surface area contributed by atoms with Crippen molar-refractivity contribution in [1.29, 1.82) is 0 Å². The first kappa shape index (κ1) is 38.9. The fraction of sp³-hybridized carbons (Fsp3) is 0.432. The molecule has 4 rings (SSSR count). The van der Waals surface area contributed by atoms with E-state index in [0.29, 0.717) is 24.9 Å². The number of hydrogen-bond acceptors (Lipinski definition) is 5. The lowest BCUT2D eigenvalue weighted by Crippen LogP contribution is -2.37. The quantitative estimate of drug-likeness (QED) is 0.0389. The Labute approximate surface area is 269 Å². The molecule has 4 aromatic rings. The summed E-state index contributed by atoms with van der Waals surface area (Å²) in [7, 11) is 0. The second-order valence-electron chi connectivity index (χ2n) is 11.9. The Bertz CT molecular complexity index is 1440. The number of amides is 1. The lowest BCUT2D eigenvalue weighted by atomic mass is 9.98. The summed E-state index contributed by atoms with van der Waals surface area (Å²) in [5, 5.41) is 20.0. The van der Waals surface area contributed by atoms with Crippen molar-refractivity contribution in [1.82, 2.24) is 0 Å². The molecule has 0 aliphatic rings. The van der Waals surface area contributed by atoms with Gasteiger partial charge in [0.1, 0.15) is 6.54 Å². The van der Waals surface area contributed by atoms with Gasteiger partial charge in [-0.3, -0.25) is 9.59 Å². The number of benzene rings is 3. The van der Waals surface area contributed by atoms with E-state index in [-0.39, 0.29) is 6.41 Å². The van der Waals surface area contributed by atoms with E-state index in [0.717, 1.165) is 37.2 Å². The predicted molar refractivity (Wildman–Crippen MR) is 189 cm³/mol. The molecule has 0 unspecified atom stereocenters. The van der Waals surface area contributed by atoms with Gasteiger partial charge in [-0.2, -0.15) is 4.57 Å². The number of carboxylic acid groups (broad SMARTS) is 1. The van der Waals surface area contributed by atoms with Crippen LogP contribution < -0.4 is 21.8 Å². The molecule has 0 spiro atoms. The lowest BCUT2D eigenvalue weighted by Gasteiger charge is -2.13. The number of anilines is 2. The highest BCUT2D eigenvalue weighted by atomic mass is 16.4. The van der Waals surface area contributed by atoms with Crippen LogP contribution in [0.1, 0.15) is 79.6 Å². The summed E-state index contributed by atoms with van der Waals surface area (Å²) < 4.78 is 2.44. The van der Waals surface area contributed by atoms with E-state index in [1.165, 1.54) is 52.2 Å². The number of primary amides is 1. The van der Waals surface area contributed by atoms with Crippen molar-refractivity contribution in [3.63, 3.8) is 0 Å². The summed E-state index contributed by atoms with van der Waals surface area (Å²) >= 11 is 0. The number of carbonyl (C=O) groups excluding carboxylic acids is 1. The minimum atomic E-state index is -0.696. The van der Waals surface area contributed by atoms with Crippen molar-refractivity contribution in [2.45, 2.75) is 86.1 Å². The van der Waals surface area contributed by atoms with Crippen LogP contribution in [0.3, 0.4) is 0 Å². The number of rotatable bonds is 11. The first-order valence-corrected chi connectivity index (χ1v) is 16.0. The Hall–Kier alpha value is -4.17. The molecule has 0 bridgehead atoms. The topological polar surface area (TPSA) is 157 Å². The van der Waals surface area contributed by atoms with Gasteiger partial charge in [-0.1, -0.05) is 71.7 Å². The van der Waals surface area contributed by atoms with Crippen LogP contribution >= 0.6 is 0 Å². The molecule has 1 aromatic heterocycles. The molecular weight excluding hydrogens is 564 g/mol. The number of nitrogens with zero attached hydrogens (tertiary/aromatic N) is 1. The molecule has 0 radical (unpaired) electrons. The van der Waals surface area contributed by atoms with Crippen LogP contribution in [0.2, 0.25) is 0 Å². The Morgan fingerprint density at radius 1 is 0.822 bits per heavy atom. The third kappa shape index (κ3) is 14.0. The zero-order valence-corrected chi connectivity index (χ0v) is 27.8. The number of unbranched alkanes of at least 4 members (excludes halogenated alkanes) is 3. The highest BCUT2D eigenvalue weighted by Gasteiger charge is 2.23. The van der Waals surface area contributed by atoms with Gasteiger partial charge in [0.2, 0.25) is 17.6 Å². The molecule has 45 heavy (non-hydrogen) atoms. The number of nitrogens with two attached hydrogens (primary N) is 3. The normalized spacial score (nSPS) is 10.4. The lowest BCUT2D eigenvalue weighted by molar-refractivity contribution is -0.659. The molecule has 0 fully saturated rings. The standard InChI is InChI=1S/C25H27N3.C6H12O2.C5H12O.CH3NO/c1-2-3-4-8-15-28-24-17-20(27)12-14-22(24)21-13-11-19(26)16-23(21)25(28)18-9-6-5-7-10-18;1-5(2)3-4-6(7)8;1-5(2)3-4-6;2-1-3/h5-7,9-14,16-17,27H,2-4,8,15,26H2,1H3;5H,3-4H2,1-2H3,(H,7,8);5-6H,3-4H2,1-2H3;1H,(H2,2,3)/p+1. The van der Waals surface area contributed by atoms with Crippen molar-refractivity contribution in [2.24, 2.45) is 17.6 Å². The largest absolute Gasteiger partial charge is 0.481 e. The van der Waals surface area contributed by atoms with E-state index in [2.05, 4.69) is 85.7 Å². The van der Waals surface area contributed by atoms with Crippen LogP contribution in [0.25, 0.3) is 32.9 Å². The Morgan fingerprint density at radius 3 is 1.89 bits per heavy atom. The predicted octanol–water partition coefficient (Wildman–Crippen LogP) is 7.33. The van der Waals surface area contributed by atoms with E-state index in [1.807, 2.05) is 26.0 Å². The first-order valence-electron chi connectivity index (χ1n) is 16.0. The highest BCUT2D eigenvalue weighted by Crippen LogP contribution is 2.33. The van der Waals surface area contributed by atoms with E-state index in [4.69, 9.17) is 26.5 Å². The maximum atomic E-state index is 9.90. The molecule has 0 saturated carbocycles. The molecule has 8 heteroatoms. The van der Waals surface area contributed by atoms with Gasteiger partial charge >= 0.3 is 5.97 Å².